The Morgan fingerprint density at radius 1 is 0.484 bits per heavy atom. The van der Waals surface area contributed by atoms with Gasteiger partial charge < -0.3 is 69.6 Å². The Balaban J connectivity index is -0.0000000640. The Bertz CT molecular complexity index is 530. The minimum absolute atomic E-state index is 0. The van der Waals surface area contributed by atoms with Crippen molar-refractivity contribution in [3.8, 4) is 0 Å². The van der Waals surface area contributed by atoms with Gasteiger partial charge in [-0.05, 0) is 0 Å². The van der Waals surface area contributed by atoms with E-state index >= 15 is 0 Å². The van der Waals surface area contributed by atoms with Crippen LogP contribution in [0.4, 0.5) is 0 Å². The molecule has 0 spiro atoms. The molecule has 19 heteroatoms. The van der Waals surface area contributed by atoms with E-state index in [0.717, 1.165) is 0 Å². The van der Waals surface area contributed by atoms with Gasteiger partial charge in [0.1, 0.15) is 11.2 Å². The molecule has 2 N–H and O–H groups in total. The van der Waals surface area contributed by atoms with E-state index in [0.29, 0.717) is 0 Å². The molecule has 0 aromatic heterocycles. The molecule has 0 heterocycles. The summed E-state index contributed by atoms with van der Waals surface area (Å²) >= 11 is 0. The van der Waals surface area contributed by atoms with Crippen LogP contribution in [0.15, 0.2) is 0 Å². The average Bonchev–Trinajstić information content (AvgIpc) is 2.34. The Morgan fingerprint density at radius 3 is 0.677 bits per heavy atom. The first kappa shape index (κ1) is 49.4. The fourth-order valence-corrected chi connectivity index (χ4v) is 1.37. The molecule has 31 heavy (non-hydrogen) atoms. The second kappa shape index (κ2) is 23.0. The molecule has 0 fully saturated rings. The molecule has 0 atom stereocenters. The maximum absolute atomic E-state index is 10.1. The summed E-state index contributed by atoms with van der Waals surface area (Å²) in [6.45, 7) is 0. The largest absolute Gasteiger partial charge is 2.00 e. The molecule has 0 amide bonds. The van der Waals surface area contributed by atoms with Crippen LogP contribution in [-0.4, -0.2) is 57.2 Å². The van der Waals surface area contributed by atoms with Gasteiger partial charge in [-0.25, -0.2) is 0 Å². The Labute approximate surface area is 273 Å². The number of carbonyl (C=O) groups is 6. The fraction of sp³-hybridized carbons (Fsp3) is 0.500. The number of carboxylic acids is 6. The van der Waals surface area contributed by atoms with E-state index in [1.807, 2.05) is 0 Å². The quantitative estimate of drug-likeness (QED) is 0.246. The molecule has 0 aromatic carbocycles. The molecule has 0 rings (SSSR count). The third kappa shape index (κ3) is 24.2. The average molecular weight is 534 g/mol. The molecule has 1 radical (unpaired) electrons. The van der Waals surface area contributed by atoms with Crippen molar-refractivity contribution in [3.05, 3.63) is 0 Å². The van der Waals surface area contributed by atoms with E-state index in [1.165, 1.54) is 0 Å². The Morgan fingerprint density at radius 2 is 0.613 bits per heavy atom. The maximum Gasteiger partial charge on any atom is 2.00 e. The van der Waals surface area contributed by atoms with Gasteiger partial charge in [0.25, 0.3) is 0 Å². The zero-order valence-corrected chi connectivity index (χ0v) is 25.9. The van der Waals surface area contributed by atoms with Crippen LogP contribution in [0.1, 0.15) is 25.7 Å². The summed E-state index contributed by atoms with van der Waals surface area (Å²) < 4.78 is 0. The molecule has 157 valence electrons. The molecular weight excluding hydrogens is 524 g/mol. The van der Waals surface area contributed by atoms with Gasteiger partial charge in [0.2, 0.25) is 0 Å². The van der Waals surface area contributed by atoms with Crippen LogP contribution in [0, 0.1) is 0 Å². The monoisotopic (exact) mass is 533 g/mol. The van der Waals surface area contributed by atoms with Crippen molar-refractivity contribution in [1.82, 2.24) is 0 Å². The SMILES string of the molecule is O=C([O-])CC(O)(CC(=O)[O-])C(=O)[O-].O=C([O-])CC(O)(CC(=O)[O-])C(=O)[O-].[Cu+2].[Na+].[Na+].[Na+].[Na+]. The Hall–Kier alpha value is 1.26. The van der Waals surface area contributed by atoms with E-state index in [9.17, 15) is 59.4 Å². The van der Waals surface area contributed by atoms with E-state index in [1.54, 1.807) is 0 Å². The van der Waals surface area contributed by atoms with Gasteiger partial charge in [-0.3, -0.25) is 0 Å². The maximum atomic E-state index is 10.1. The molecule has 0 aliphatic carbocycles. The van der Waals surface area contributed by atoms with Gasteiger partial charge in [-0.15, -0.1) is 0 Å². The van der Waals surface area contributed by atoms with Crippen molar-refractivity contribution < 1.29 is 205 Å². The van der Waals surface area contributed by atoms with Crippen LogP contribution in [0.5, 0.6) is 0 Å². The first-order valence-electron chi connectivity index (χ1n) is 6.23. The summed E-state index contributed by atoms with van der Waals surface area (Å²) in [7, 11) is 0. The predicted molar refractivity (Wildman–Crippen MR) is 58.4 cm³/mol. The zero-order valence-electron chi connectivity index (χ0n) is 16.9. The number of carboxylic acid groups (broad SMARTS) is 6. The molecule has 0 saturated heterocycles. The molecular formula is C12H10CuNa4O14. The van der Waals surface area contributed by atoms with Crippen molar-refractivity contribution in [1.29, 1.82) is 0 Å². The molecule has 0 aliphatic rings. The standard InChI is InChI=1S/2C6H8O7.Cu.4Na/c2*7-3(8)1-6(13,5(11)12)2-4(9)10;;;;;/h2*13H,1-2H2,(H,7,8)(H,9,10)(H,11,12);;;;;/q;;+2;4*+1/p-6. The number of hydrogen-bond donors (Lipinski definition) is 2. The van der Waals surface area contributed by atoms with Gasteiger partial charge in [-0.2, -0.15) is 0 Å². The first-order chi connectivity index (χ1) is 11.6. The summed E-state index contributed by atoms with van der Waals surface area (Å²) in [6, 6.07) is 0. The van der Waals surface area contributed by atoms with Gasteiger partial charge >= 0.3 is 135 Å². The van der Waals surface area contributed by atoms with Crippen molar-refractivity contribution in [2.24, 2.45) is 0 Å². The van der Waals surface area contributed by atoms with E-state index in [-0.39, 0.29) is 135 Å². The third-order valence-electron chi connectivity index (χ3n) is 2.51. The molecule has 0 aromatic rings. The van der Waals surface area contributed by atoms with Gasteiger partial charge in [0.05, 0.1) is 11.9 Å². The van der Waals surface area contributed by atoms with E-state index < -0.39 is 72.7 Å². The van der Waals surface area contributed by atoms with Crippen molar-refractivity contribution >= 4 is 35.8 Å². The summed E-state index contributed by atoms with van der Waals surface area (Å²) in [5.74, 6) is -12.0. The molecule has 14 nitrogen and oxygen atoms in total. The number of carbonyl (C=O) groups excluding carboxylic acids is 6. The summed E-state index contributed by atoms with van der Waals surface area (Å²) in [5, 5.41) is 77.9. The minimum atomic E-state index is -2.97. The van der Waals surface area contributed by atoms with Gasteiger partial charge in [0.15, 0.2) is 0 Å². The first-order valence-corrected chi connectivity index (χ1v) is 6.23. The van der Waals surface area contributed by atoms with E-state index in [2.05, 4.69) is 0 Å². The van der Waals surface area contributed by atoms with Crippen LogP contribution >= 0.6 is 0 Å². The van der Waals surface area contributed by atoms with Crippen molar-refractivity contribution in [2.75, 3.05) is 0 Å². The fourth-order valence-electron chi connectivity index (χ4n) is 1.37. The van der Waals surface area contributed by atoms with Crippen LogP contribution in [0.25, 0.3) is 0 Å². The molecule has 0 unspecified atom stereocenters. The number of aliphatic carboxylic acids is 6. The van der Waals surface area contributed by atoms with Crippen LogP contribution in [-0.2, 0) is 45.8 Å². The summed E-state index contributed by atoms with van der Waals surface area (Å²) in [4.78, 5) is 60.0. The molecule has 0 saturated carbocycles. The topological polar surface area (TPSA) is 281 Å². The number of rotatable bonds is 10. The molecule has 0 aliphatic heterocycles. The van der Waals surface area contributed by atoms with Crippen molar-refractivity contribution in [3.63, 3.8) is 0 Å². The van der Waals surface area contributed by atoms with Crippen LogP contribution < -0.4 is 149 Å². The zero-order chi connectivity index (χ0) is 21.3. The second-order valence-electron chi connectivity index (χ2n) is 4.83. The predicted octanol–water partition coefficient (Wildman–Crippen LogP) is -22.5. The Kier molecular flexibility index (Phi) is 36.7. The normalized spacial score (nSPS) is 9.10. The summed E-state index contributed by atoms with van der Waals surface area (Å²) in [6.07, 6.45) is -5.43. The third-order valence-corrected chi connectivity index (χ3v) is 2.51. The molecule has 0 bridgehead atoms. The van der Waals surface area contributed by atoms with Crippen LogP contribution in [0.3, 0.4) is 0 Å². The van der Waals surface area contributed by atoms with Gasteiger partial charge in [0, 0.05) is 49.6 Å². The van der Waals surface area contributed by atoms with Crippen LogP contribution in [0.2, 0.25) is 0 Å². The van der Waals surface area contributed by atoms with Gasteiger partial charge in [-0.1, -0.05) is 0 Å². The smallest absolute Gasteiger partial charge is 0.550 e. The second-order valence-corrected chi connectivity index (χ2v) is 4.83. The number of hydrogen-bond acceptors (Lipinski definition) is 14. The van der Waals surface area contributed by atoms with E-state index in [4.69, 9.17) is 10.2 Å². The summed E-state index contributed by atoms with van der Waals surface area (Å²) in [5.41, 5.74) is -5.95. The minimum Gasteiger partial charge on any atom is -0.550 e. The number of aliphatic hydroxyl groups is 2. The van der Waals surface area contributed by atoms with Crippen molar-refractivity contribution in [2.45, 2.75) is 36.9 Å².